The maximum absolute atomic E-state index is 12.5. The van der Waals surface area contributed by atoms with Crippen LogP contribution in [0.25, 0.3) is 0 Å². The molecule has 3 rings (SSSR count). The van der Waals surface area contributed by atoms with Crippen molar-refractivity contribution in [2.45, 2.75) is 13.8 Å². The summed E-state index contributed by atoms with van der Waals surface area (Å²) < 4.78 is 0. The molecule has 6 heteroatoms. The first-order valence-electron chi connectivity index (χ1n) is 8.65. The molecule has 4 N–H and O–H groups in total. The van der Waals surface area contributed by atoms with Crippen LogP contribution in [0.1, 0.15) is 31.8 Å². The fraction of sp³-hybridized carbons (Fsp3) is 0.0909. The van der Waals surface area contributed by atoms with E-state index >= 15 is 0 Å². The molecule has 0 aliphatic rings. The van der Waals surface area contributed by atoms with Gasteiger partial charge in [0.2, 0.25) is 0 Å². The number of carbonyl (C=O) groups is 2. The molecule has 0 spiro atoms. The quantitative estimate of drug-likeness (QED) is 0.512. The zero-order valence-corrected chi connectivity index (χ0v) is 15.5. The Morgan fingerprint density at radius 2 is 1.50 bits per heavy atom. The summed E-state index contributed by atoms with van der Waals surface area (Å²) in [6.07, 6.45) is 0. The summed E-state index contributed by atoms with van der Waals surface area (Å²) in [5.41, 5.74) is 3.16. The molecule has 3 aromatic rings. The van der Waals surface area contributed by atoms with E-state index in [0.29, 0.717) is 16.9 Å². The van der Waals surface area contributed by atoms with Gasteiger partial charge in [0.15, 0.2) is 0 Å². The van der Waals surface area contributed by atoms with Crippen molar-refractivity contribution in [2.24, 2.45) is 0 Å². The number of aryl methyl sites for hydroxylation is 2. The number of carbonyl (C=O) groups excluding carboxylic acids is 2. The molecule has 28 heavy (non-hydrogen) atoms. The number of amides is 2. The lowest BCUT2D eigenvalue weighted by atomic mass is 10.1. The number of anilines is 2. The van der Waals surface area contributed by atoms with Crippen molar-refractivity contribution in [3.63, 3.8) is 0 Å². The second kappa shape index (κ2) is 7.84. The first-order chi connectivity index (χ1) is 13.3. The molecule has 0 bridgehead atoms. The highest BCUT2D eigenvalue weighted by atomic mass is 16.3. The van der Waals surface area contributed by atoms with Crippen LogP contribution in [0, 0.1) is 13.8 Å². The molecule has 0 radical (unpaired) electrons. The van der Waals surface area contributed by atoms with Gasteiger partial charge < -0.3 is 20.8 Å². The summed E-state index contributed by atoms with van der Waals surface area (Å²) in [6, 6.07) is 15.9. The predicted octanol–water partition coefficient (Wildman–Crippen LogP) is 4.22. The Hall–Kier alpha value is -3.80. The highest BCUT2D eigenvalue weighted by Gasteiger charge is 2.14. The molecule has 0 aliphatic carbocycles. The molecule has 142 valence electrons. The first kappa shape index (κ1) is 19.0. The Labute approximate surface area is 162 Å². The van der Waals surface area contributed by atoms with Gasteiger partial charge in [-0.05, 0) is 73.5 Å². The van der Waals surface area contributed by atoms with E-state index in [-0.39, 0.29) is 23.0 Å². The van der Waals surface area contributed by atoms with Gasteiger partial charge in [0.25, 0.3) is 11.8 Å². The Balaban J connectivity index is 1.79. The van der Waals surface area contributed by atoms with E-state index in [9.17, 15) is 19.8 Å². The molecule has 0 saturated carbocycles. The molecule has 2 amide bonds. The van der Waals surface area contributed by atoms with E-state index in [1.54, 1.807) is 42.5 Å². The molecule has 3 aromatic carbocycles. The number of benzene rings is 3. The second-order valence-electron chi connectivity index (χ2n) is 6.51. The first-order valence-corrected chi connectivity index (χ1v) is 8.65. The molecule has 6 nitrogen and oxygen atoms in total. The number of hydrogen-bond acceptors (Lipinski definition) is 4. The molecular weight excluding hydrogens is 356 g/mol. The van der Waals surface area contributed by atoms with E-state index < -0.39 is 5.91 Å². The van der Waals surface area contributed by atoms with Crippen LogP contribution in [0.4, 0.5) is 11.4 Å². The van der Waals surface area contributed by atoms with Gasteiger partial charge in [-0.2, -0.15) is 0 Å². The monoisotopic (exact) mass is 376 g/mol. The molecule has 0 saturated heterocycles. The summed E-state index contributed by atoms with van der Waals surface area (Å²) in [4.78, 5) is 25.0. The fourth-order valence-electron chi connectivity index (χ4n) is 2.67. The summed E-state index contributed by atoms with van der Waals surface area (Å²) >= 11 is 0. The van der Waals surface area contributed by atoms with Gasteiger partial charge in [0.1, 0.15) is 11.5 Å². The minimum atomic E-state index is -0.461. The average molecular weight is 376 g/mol. The average Bonchev–Trinajstić information content (AvgIpc) is 2.65. The third-order valence-corrected chi connectivity index (χ3v) is 4.27. The third kappa shape index (κ3) is 4.29. The molecular formula is C22H20N2O4. The number of hydrogen-bond donors (Lipinski definition) is 4. The number of rotatable bonds is 4. The Bertz CT molecular complexity index is 1040. The van der Waals surface area contributed by atoms with Crippen molar-refractivity contribution in [1.82, 2.24) is 0 Å². The molecule has 0 unspecified atom stereocenters. The third-order valence-electron chi connectivity index (χ3n) is 4.27. The predicted molar refractivity (Wildman–Crippen MR) is 108 cm³/mol. The van der Waals surface area contributed by atoms with Crippen LogP contribution in [-0.4, -0.2) is 22.0 Å². The van der Waals surface area contributed by atoms with Crippen molar-refractivity contribution >= 4 is 23.2 Å². The van der Waals surface area contributed by atoms with E-state index in [0.717, 1.165) is 11.1 Å². The van der Waals surface area contributed by atoms with Gasteiger partial charge in [0.05, 0.1) is 5.56 Å². The van der Waals surface area contributed by atoms with Crippen LogP contribution in [-0.2, 0) is 0 Å². The summed E-state index contributed by atoms with van der Waals surface area (Å²) in [7, 11) is 0. The zero-order valence-electron chi connectivity index (χ0n) is 15.5. The molecule has 0 aromatic heterocycles. The van der Waals surface area contributed by atoms with Crippen molar-refractivity contribution in [2.75, 3.05) is 10.6 Å². The minimum Gasteiger partial charge on any atom is -0.508 e. The maximum atomic E-state index is 12.5. The van der Waals surface area contributed by atoms with Crippen LogP contribution in [0.5, 0.6) is 11.5 Å². The van der Waals surface area contributed by atoms with Crippen molar-refractivity contribution in [3.05, 3.63) is 82.9 Å². The van der Waals surface area contributed by atoms with E-state index in [1.807, 2.05) is 13.8 Å². The SMILES string of the molecule is Cc1ccc(C(=O)Nc2cc(C(=O)Nc3ccc(O)cc3)ccc2C)c(O)c1. The summed E-state index contributed by atoms with van der Waals surface area (Å²) in [6.45, 7) is 3.63. The number of phenolic OH excluding ortho intramolecular Hbond substituents is 2. The molecule has 0 fully saturated rings. The topological polar surface area (TPSA) is 98.7 Å². The number of aromatic hydroxyl groups is 2. The smallest absolute Gasteiger partial charge is 0.259 e. The molecule has 0 heterocycles. The van der Waals surface area contributed by atoms with E-state index in [1.165, 1.54) is 18.2 Å². The van der Waals surface area contributed by atoms with Crippen LogP contribution >= 0.6 is 0 Å². The van der Waals surface area contributed by atoms with Crippen LogP contribution in [0.3, 0.4) is 0 Å². The van der Waals surface area contributed by atoms with Crippen molar-refractivity contribution in [1.29, 1.82) is 0 Å². The second-order valence-corrected chi connectivity index (χ2v) is 6.51. The summed E-state index contributed by atoms with van der Waals surface area (Å²) in [5.74, 6) is -0.801. The zero-order chi connectivity index (χ0) is 20.3. The van der Waals surface area contributed by atoms with Gasteiger partial charge in [-0.15, -0.1) is 0 Å². The van der Waals surface area contributed by atoms with Gasteiger partial charge in [0, 0.05) is 16.9 Å². The van der Waals surface area contributed by atoms with Crippen LogP contribution in [0.15, 0.2) is 60.7 Å². The summed E-state index contributed by atoms with van der Waals surface area (Å²) in [5, 5.41) is 24.8. The van der Waals surface area contributed by atoms with E-state index in [2.05, 4.69) is 10.6 Å². The van der Waals surface area contributed by atoms with Crippen LogP contribution in [0.2, 0.25) is 0 Å². The van der Waals surface area contributed by atoms with Crippen molar-refractivity contribution < 1.29 is 19.8 Å². The lowest BCUT2D eigenvalue weighted by molar-refractivity contribution is 0.101. The highest BCUT2D eigenvalue weighted by molar-refractivity contribution is 6.08. The number of nitrogens with one attached hydrogen (secondary N) is 2. The van der Waals surface area contributed by atoms with E-state index in [4.69, 9.17) is 0 Å². The fourth-order valence-corrected chi connectivity index (χ4v) is 2.67. The largest absolute Gasteiger partial charge is 0.508 e. The Kier molecular flexibility index (Phi) is 5.31. The minimum absolute atomic E-state index is 0.101. The standard InChI is InChI=1S/C22H20N2O4/c1-13-3-10-18(20(26)11-13)22(28)24-19-12-15(5-4-14(19)2)21(27)23-16-6-8-17(25)9-7-16/h3-12,25-26H,1-2H3,(H,23,27)(H,24,28). The Morgan fingerprint density at radius 1 is 0.786 bits per heavy atom. The van der Waals surface area contributed by atoms with Gasteiger partial charge in [-0.25, -0.2) is 0 Å². The Morgan fingerprint density at radius 3 is 2.18 bits per heavy atom. The van der Waals surface area contributed by atoms with Crippen molar-refractivity contribution in [3.8, 4) is 11.5 Å². The van der Waals surface area contributed by atoms with Gasteiger partial charge in [-0.1, -0.05) is 12.1 Å². The van der Waals surface area contributed by atoms with Gasteiger partial charge >= 0.3 is 0 Å². The normalized spacial score (nSPS) is 10.4. The lowest BCUT2D eigenvalue weighted by Crippen LogP contribution is -2.15. The highest BCUT2D eigenvalue weighted by Crippen LogP contribution is 2.23. The lowest BCUT2D eigenvalue weighted by Gasteiger charge is -2.12. The molecule has 0 atom stereocenters. The van der Waals surface area contributed by atoms with Crippen LogP contribution < -0.4 is 10.6 Å². The molecule has 0 aliphatic heterocycles. The maximum Gasteiger partial charge on any atom is 0.259 e. The van der Waals surface area contributed by atoms with Gasteiger partial charge in [-0.3, -0.25) is 9.59 Å². The number of phenols is 2.